The number of anilines is 1. The highest BCUT2D eigenvalue weighted by Gasteiger charge is 2.19. The van der Waals surface area contributed by atoms with Gasteiger partial charge in [-0.25, -0.2) is 0 Å². The summed E-state index contributed by atoms with van der Waals surface area (Å²) < 4.78 is 0. The molecule has 2 aromatic rings. The van der Waals surface area contributed by atoms with Gasteiger partial charge in [0.2, 0.25) is 11.8 Å². The highest BCUT2D eigenvalue weighted by Crippen LogP contribution is 2.32. The lowest BCUT2D eigenvalue weighted by Gasteiger charge is -2.14. The van der Waals surface area contributed by atoms with Crippen LogP contribution in [0.15, 0.2) is 24.4 Å². The smallest absolute Gasteiger partial charge is 0.241 e. The molecule has 2 amide bonds. The van der Waals surface area contributed by atoms with Gasteiger partial charge in [-0.3, -0.25) is 14.6 Å². The molecule has 0 saturated heterocycles. The number of carbonyl (C=O) groups excluding carboxylic acids is 2. The number of hydrogen-bond acceptors (Lipinski definition) is 4. The van der Waals surface area contributed by atoms with Crippen LogP contribution in [0.2, 0.25) is 5.02 Å². The Morgan fingerprint density at radius 2 is 2.19 bits per heavy atom. The summed E-state index contributed by atoms with van der Waals surface area (Å²) in [7, 11) is 0. The zero-order valence-corrected chi connectivity index (χ0v) is 12.1. The molecule has 2 rings (SSSR count). The first-order chi connectivity index (χ1) is 9.90. The molecule has 1 aromatic heterocycles. The lowest BCUT2D eigenvalue weighted by Crippen LogP contribution is -2.39. The number of fused-ring (bicyclic) bond motifs is 1. The SMILES string of the molecule is Cc1cc(Cl)c(NC(=O)C(N)CC(N)=O)c2cccnc12. The number of halogens is 1. The Kier molecular flexibility index (Phi) is 4.40. The van der Waals surface area contributed by atoms with E-state index in [0.29, 0.717) is 16.1 Å². The van der Waals surface area contributed by atoms with Crippen molar-refractivity contribution in [2.75, 3.05) is 5.32 Å². The summed E-state index contributed by atoms with van der Waals surface area (Å²) in [5.74, 6) is -1.16. The first-order valence-electron chi connectivity index (χ1n) is 6.28. The minimum atomic E-state index is -1.02. The molecule has 0 aliphatic heterocycles. The molecule has 0 fully saturated rings. The van der Waals surface area contributed by atoms with E-state index < -0.39 is 17.9 Å². The zero-order chi connectivity index (χ0) is 15.6. The third-order valence-corrected chi connectivity index (χ3v) is 3.34. The molecule has 110 valence electrons. The van der Waals surface area contributed by atoms with Crippen LogP contribution >= 0.6 is 11.6 Å². The molecule has 21 heavy (non-hydrogen) atoms. The topological polar surface area (TPSA) is 111 Å². The number of amides is 2. The minimum Gasteiger partial charge on any atom is -0.370 e. The van der Waals surface area contributed by atoms with Gasteiger partial charge in [-0.05, 0) is 30.7 Å². The van der Waals surface area contributed by atoms with Gasteiger partial charge in [-0.15, -0.1) is 0 Å². The molecule has 1 unspecified atom stereocenters. The van der Waals surface area contributed by atoms with E-state index in [2.05, 4.69) is 10.3 Å². The number of hydrogen-bond donors (Lipinski definition) is 3. The average molecular weight is 307 g/mol. The minimum absolute atomic E-state index is 0.231. The molecule has 5 N–H and O–H groups in total. The van der Waals surface area contributed by atoms with Crippen molar-refractivity contribution in [1.82, 2.24) is 4.98 Å². The summed E-state index contributed by atoms with van der Waals surface area (Å²) in [6.45, 7) is 1.88. The molecule has 0 saturated carbocycles. The fourth-order valence-corrected chi connectivity index (χ4v) is 2.35. The van der Waals surface area contributed by atoms with Gasteiger partial charge in [0.15, 0.2) is 0 Å². The number of primary amides is 1. The molecule has 0 aliphatic rings. The Labute approximate surface area is 126 Å². The second-order valence-electron chi connectivity index (χ2n) is 4.72. The van der Waals surface area contributed by atoms with Crippen molar-refractivity contribution < 1.29 is 9.59 Å². The van der Waals surface area contributed by atoms with E-state index in [0.717, 1.165) is 11.1 Å². The Morgan fingerprint density at radius 1 is 1.48 bits per heavy atom. The molecule has 7 heteroatoms. The number of nitrogens with zero attached hydrogens (tertiary/aromatic N) is 1. The molecular formula is C14H15ClN4O2. The molecule has 0 bridgehead atoms. The van der Waals surface area contributed by atoms with E-state index in [1.54, 1.807) is 24.4 Å². The van der Waals surface area contributed by atoms with Gasteiger partial charge >= 0.3 is 0 Å². The fraction of sp³-hybridized carbons (Fsp3) is 0.214. The summed E-state index contributed by atoms with van der Waals surface area (Å²) >= 11 is 6.19. The van der Waals surface area contributed by atoms with Crippen LogP contribution in [0.25, 0.3) is 10.9 Å². The van der Waals surface area contributed by atoms with Gasteiger partial charge in [-0.1, -0.05) is 11.6 Å². The van der Waals surface area contributed by atoms with Gasteiger partial charge in [0.1, 0.15) is 0 Å². The standard InChI is InChI=1S/C14H15ClN4O2/c1-7-5-9(15)13(8-3-2-4-18-12(7)8)19-14(21)10(16)6-11(17)20/h2-5,10H,6,16H2,1H3,(H2,17,20)(H,19,21). The summed E-state index contributed by atoms with van der Waals surface area (Å²) in [5.41, 5.74) is 12.7. The Morgan fingerprint density at radius 3 is 2.86 bits per heavy atom. The lowest BCUT2D eigenvalue weighted by molar-refractivity contribution is -0.123. The first-order valence-corrected chi connectivity index (χ1v) is 6.66. The van der Waals surface area contributed by atoms with E-state index in [9.17, 15) is 9.59 Å². The number of aryl methyl sites for hydroxylation is 1. The number of carbonyl (C=O) groups is 2. The zero-order valence-electron chi connectivity index (χ0n) is 11.4. The Bertz CT molecular complexity index is 717. The first kappa shape index (κ1) is 15.2. The third kappa shape index (κ3) is 3.29. The highest BCUT2D eigenvalue weighted by atomic mass is 35.5. The Balaban J connectivity index is 2.38. The van der Waals surface area contributed by atoms with Crippen molar-refractivity contribution >= 4 is 40.0 Å². The van der Waals surface area contributed by atoms with E-state index in [-0.39, 0.29) is 6.42 Å². The highest BCUT2D eigenvalue weighted by molar-refractivity contribution is 6.35. The normalized spacial score (nSPS) is 12.1. The van der Waals surface area contributed by atoms with Crippen LogP contribution in [0.5, 0.6) is 0 Å². The largest absolute Gasteiger partial charge is 0.370 e. The van der Waals surface area contributed by atoms with Crippen molar-refractivity contribution in [1.29, 1.82) is 0 Å². The summed E-state index contributed by atoms with van der Waals surface area (Å²) in [4.78, 5) is 27.1. The number of aromatic nitrogens is 1. The molecular weight excluding hydrogens is 292 g/mol. The third-order valence-electron chi connectivity index (χ3n) is 3.04. The second kappa shape index (κ2) is 6.07. The monoisotopic (exact) mass is 306 g/mol. The van der Waals surface area contributed by atoms with Gasteiger partial charge < -0.3 is 16.8 Å². The van der Waals surface area contributed by atoms with Gasteiger partial charge in [0, 0.05) is 11.6 Å². The second-order valence-corrected chi connectivity index (χ2v) is 5.12. The number of benzene rings is 1. The predicted octanol–water partition coefficient (Wildman–Crippen LogP) is 1.34. The molecule has 1 atom stereocenters. The number of pyridine rings is 1. The molecule has 1 aromatic carbocycles. The van der Waals surface area contributed by atoms with Crippen LogP contribution in [0.3, 0.4) is 0 Å². The molecule has 0 radical (unpaired) electrons. The summed E-state index contributed by atoms with van der Waals surface area (Å²) in [6, 6.07) is 4.24. The van der Waals surface area contributed by atoms with Crippen LogP contribution in [0.4, 0.5) is 5.69 Å². The van der Waals surface area contributed by atoms with Crippen molar-refractivity contribution in [3.8, 4) is 0 Å². The predicted molar refractivity (Wildman–Crippen MR) is 81.9 cm³/mol. The van der Waals surface area contributed by atoms with Gasteiger partial charge in [-0.2, -0.15) is 0 Å². The van der Waals surface area contributed by atoms with Crippen molar-refractivity contribution in [3.05, 3.63) is 35.0 Å². The maximum atomic E-state index is 12.0. The number of nitrogens with one attached hydrogen (secondary N) is 1. The molecule has 0 aliphatic carbocycles. The maximum Gasteiger partial charge on any atom is 0.241 e. The van der Waals surface area contributed by atoms with E-state index in [1.165, 1.54) is 0 Å². The van der Waals surface area contributed by atoms with E-state index in [4.69, 9.17) is 23.1 Å². The average Bonchev–Trinajstić information content (AvgIpc) is 2.42. The molecule has 6 nitrogen and oxygen atoms in total. The van der Waals surface area contributed by atoms with E-state index >= 15 is 0 Å². The summed E-state index contributed by atoms with van der Waals surface area (Å²) in [6.07, 6.45) is 1.43. The van der Waals surface area contributed by atoms with Gasteiger partial charge in [0.25, 0.3) is 0 Å². The molecule has 0 spiro atoms. The van der Waals surface area contributed by atoms with Crippen LogP contribution in [0, 0.1) is 6.92 Å². The quantitative estimate of drug-likeness (QED) is 0.791. The van der Waals surface area contributed by atoms with Crippen molar-refractivity contribution in [3.63, 3.8) is 0 Å². The van der Waals surface area contributed by atoms with Crippen molar-refractivity contribution in [2.24, 2.45) is 11.5 Å². The number of rotatable bonds is 4. The summed E-state index contributed by atoms with van der Waals surface area (Å²) in [5, 5.41) is 3.73. The van der Waals surface area contributed by atoms with Crippen LogP contribution in [0.1, 0.15) is 12.0 Å². The van der Waals surface area contributed by atoms with E-state index in [1.807, 2.05) is 6.92 Å². The van der Waals surface area contributed by atoms with Crippen LogP contribution in [-0.2, 0) is 9.59 Å². The van der Waals surface area contributed by atoms with Crippen molar-refractivity contribution in [2.45, 2.75) is 19.4 Å². The van der Waals surface area contributed by atoms with Crippen LogP contribution < -0.4 is 16.8 Å². The van der Waals surface area contributed by atoms with Gasteiger partial charge in [0.05, 0.1) is 28.7 Å². The maximum absolute atomic E-state index is 12.0. The Hall–Kier alpha value is -2.18. The van der Waals surface area contributed by atoms with Crippen LogP contribution in [-0.4, -0.2) is 22.8 Å². The fourth-order valence-electron chi connectivity index (χ4n) is 2.03. The lowest BCUT2D eigenvalue weighted by atomic mass is 10.1. The molecule has 1 heterocycles. The number of nitrogens with two attached hydrogens (primary N) is 2.